The number of aliphatic hydroxyl groups is 2. The lowest BCUT2D eigenvalue weighted by molar-refractivity contribution is -0.0752. The van der Waals surface area contributed by atoms with Crippen LogP contribution in [0.2, 0.25) is 0 Å². The van der Waals surface area contributed by atoms with Crippen LogP contribution in [0.3, 0.4) is 0 Å². The zero-order valence-electron chi connectivity index (χ0n) is 12.3. The molecule has 0 saturated carbocycles. The predicted octanol–water partition coefficient (Wildman–Crippen LogP) is -0.482. The summed E-state index contributed by atoms with van der Waals surface area (Å²) in [7, 11) is 0. The number of imidazole rings is 1. The summed E-state index contributed by atoms with van der Waals surface area (Å²) in [5.74, 6) is 2.37. The van der Waals surface area contributed by atoms with Gasteiger partial charge in [0.1, 0.15) is 12.2 Å². The molecule has 1 aliphatic heterocycles. The van der Waals surface area contributed by atoms with Gasteiger partial charge >= 0.3 is 0 Å². The molecule has 128 valence electrons. The van der Waals surface area contributed by atoms with Gasteiger partial charge in [-0.2, -0.15) is 4.98 Å². The van der Waals surface area contributed by atoms with Crippen molar-refractivity contribution in [3.05, 3.63) is 16.7 Å². The van der Waals surface area contributed by atoms with Gasteiger partial charge in [-0.05, 0) is 18.5 Å². The number of nitrogens with one attached hydrogen (secondary N) is 1. The van der Waals surface area contributed by atoms with Crippen LogP contribution in [0.5, 0.6) is 0 Å². The summed E-state index contributed by atoms with van der Waals surface area (Å²) in [6, 6.07) is 0. The molecule has 3 rings (SSSR count). The van der Waals surface area contributed by atoms with Crippen molar-refractivity contribution in [2.75, 3.05) is 5.73 Å². The molecule has 5 atom stereocenters. The summed E-state index contributed by atoms with van der Waals surface area (Å²) in [6.45, 7) is 1.44. The molecule has 5 N–H and O–H groups in total. The average molecular weight is 374 g/mol. The van der Waals surface area contributed by atoms with Crippen LogP contribution in [0.15, 0.2) is 11.1 Å². The fourth-order valence-corrected chi connectivity index (χ4v) is 3.21. The molecule has 0 radical (unpaired) electrons. The van der Waals surface area contributed by atoms with E-state index in [4.69, 9.17) is 33.7 Å². The monoisotopic (exact) mass is 373 g/mol. The number of alkyl halides is 1. The van der Waals surface area contributed by atoms with Gasteiger partial charge in [0.05, 0.1) is 12.4 Å². The number of nitrogens with zero attached hydrogens (tertiary/aromatic N) is 3. The standard InChI is InChI=1S/C13H13Cl2N5O4/c1-5(21)7-8(22)13(15,2-3-14)11(24-7)20-4-17-6-9(20)18-12(16)19-10(6)23/h4-5,7-8,11,21-22H,1H3,(H3,16,18,19,23)/t5-,7+,8?,11+,13?/m0/s1. The number of nitrogens with two attached hydrogens (primary N) is 1. The Morgan fingerprint density at radius 3 is 2.96 bits per heavy atom. The SMILES string of the molecule is C[C@H](O)[C@H]1O[C@@H](n2cnc3c(=O)[nH]c(N)nc32)C(Cl)(C#CCl)C1O. The number of aromatic nitrogens is 4. The number of ether oxygens (including phenoxy) is 1. The van der Waals surface area contributed by atoms with Gasteiger partial charge in [0.15, 0.2) is 22.3 Å². The van der Waals surface area contributed by atoms with Crippen LogP contribution in [0.1, 0.15) is 13.2 Å². The van der Waals surface area contributed by atoms with Crippen molar-refractivity contribution in [1.82, 2.24) is 19.5 Å². The third-order valence-corrected chi connectivity index (χ3v) is 4.40. The Labute approximate surface area is 145 Å². The molecule has 11 heteroatoms. The summed E-state index contributed by atoms with van der Waals surface area (Å²) >= 11 is 11.9. The number of aliphatic hydroxyl groups excluding tert-OH is 2. The molecule has 9 nitrogen and oxygen atoms in total. The highest BCUT2D eigenvalue weighted by Crippen LogP contribution is 2.44. The Bertz CT molecular complexity index is 901. The van der Waals surface area contributed by atoms with Crippen LogP contribution in [0.25, 0.3) is 11.2 Å². The van der Waals surface area contributed by atoms with Gasteiger partial charge < -0.3 is 20.7 Å². The van der Waals surface area contributed by atoms with Crippen molar-refractivity contribution in [3.63, 3.8) is 0 Å². The Hall–Kier alpha value is -1.83. The van der Waals surface area contributed by atoms with E-state index in [2.05, 4.69) is 26.3 Å². The Morgan fingerprint density at radius 2 is 2.33 bits per heavy atom. The second kappa shape index (κ2) is 5.91. The van der Waals surface area contributed by atoms with E-state index in [-0.39, 0.29) is 17.1 Å². The number of hydrogen-bond donors (Lipinski definition) is 4. The molecule has 0 amide bonds. The van der Waals surface area contributed by atoms with Gasteiger partial charge in [-0.25, -0.2) is 4.98 Å². The zero-order valence-corrected chi connectivity index (χ0v) is 13.8. The first-order valence-electron chi connectivity index (χ1n) is 6.85. The quantitative estimate of drug-likeness (QED) is 0.411. The van der Waals surface area contributed by atoms with Crippen molar-refractivity contribution in [2.45, 2.75) is 36.3 Å². The lowest BCUT2D eigenvalue weighted by Gasteiger charge is -2.25. The minimum absolute atomic E-state index is 0.0145. The highest BCUT2D eigenvalue weighted by atomic mass is 35.5. The summed E-state index contributed by atoms with van der Waals surface area (Å²) in [5.41, 5.74) is 5.14. The topological polar surface area (TPSA) is 139 Å². The molecule has 1 aliphatic rings. The van der Waals surface area contributed by atoms with Crippen molar-refractivity contribution >= 4 is 40.3 Å². The van der Waals surface area contributed by atoms with Gasteiger partial charge in [-0.3, -0.25) is 14.3 Å². The van der Waals surface area contributed by atoms with Crippen LogP contribution < -0.4 is 11.3 Å². The van der Waals surface area contributed by atoms with E-state index in [1.807, 2.05) is 0 Å². The van der Waals surface area contributed by atoms with Crippen LogP contribution in [0.4, 0.5) is 5.95 Å². The lowest BCUT2D eigenvalue weighted by atomic mass is 9.97. The van der Waals surface area contributed by atoms with Crippen molar-refractivity contribution < 1.29 is 14.9 Å². The van der Waals surface area contributed by atoms with E-state index in [1.54, 1.807) is 0 Å². The minimum Gasteiger partial charge on any atom is -0.391 e. The van der Waals surface area contributed by atoms with Gasteiger partial charge in [-0.15, -0.1) is 0 Å². The van der Waals surface area contributed by atoms with E-state index in [9.17, 15) is 15.0 Å². The van der Waals surface area contributed by atoms with E-state index < -0.39 is 35.0 Å². The molecule has 0 spiro atoms. The fraction of sp³-hybridized carbons (Fsp3) is 0.462. The number of rotatable bonds is 2. The highest BCUT2D eigenvalue weighted by Gasteiger charge is 2.57. The molecule has 3 heterocycles. The fourth-order valence-electron chi connectivity index (χ4n) is 2.68. The maximum atomic E-state index is 11.9. The molecule has 0 bridgehead atoms. The number of H-pyrrole nitrogens is 1. The van der Waals surface area contributed by atoms with Crippen molar-refractivity contribution in [2.24, 2.45) is 0 Å². The number of fused-ring (bicyclic) bond motifs is 1. The van der Waals surface area contributed by atoms with Gasteiger partial charge in [0.25, 0.3) is 5.56 Å². The minimum atomic E-state index is -1.68. The molecule has 1 fully saturated rings. The largest absolute Gasteiger partial charge is 0.391 e. The van der Waals surface area contributed by atoms with Crippen LogP contribution in [-0.4, -0.2) is 52.9 Å². The maximum Gasteiger partial charge on any atom is 0.280 e. The molecular weight excluding hydrogens is 361 g/mol. The maximum absolute atomic E-state index is 11.9. The predicted molar refractivity (Wildman–Crippen MR) is 86.4 cm³/mol. The molecule has 2 unspecified atom stereocenters. The molecule has 2 aromatic rings. The van der Waals surface area contributed by atoms with E-state index >= 15 is 0 Å². The Kier molecular flexibility index (Phi) is 4.19. The normalized spacial score (nSPS) is 31.0. The Morgan fingerprint density at radius 1 is 1.62 bits per heavy atom. The number of nitrogen functional groups attached to an aromatic ring is 1. The Balaban J connectivity index is 2.20. The zero-order chi connectivity index (χ0) is 17.6. The van der Waals surface area contributed by atoms with E-state index in [0.29, 0.717) is 0 Å². The smallest absolute Gasteiger partial charge is 0.280 e. The van der Waals surface area contributed by atoms with Gasteiger partial charge in [-0.1, -0.05) is 17.5 Å². The summed E-state index contributed by atoms with van der Waals surface area (Å²) in [6.07, 6.45) is -3.26. The van der Waals surface area contributed by atoms with E-state index in [1.165, 1.54) is 17.8 Å². The lowest BCUT2D eigenvalue weighted by Crippen LogP contribution is -2.43. The second-order valence-corrected chi connectivity index (χ2v) is 6.22. The number of hydrogen-bond acceptors (Lipinski definition) is 7. The second-order valence-electron chi connectivity index (χ2n) is 5.40. The summed E-state index contributed by atoms with van der Waals surface area (Å²) in [5, 5.41) is 22.4. The van der Waals surface area contributed by atoms with Crippen molar-refractivity contribution in [1.29, 1.82) is 0 Å². The molecule has 1 saturated heterocycles. The van der Waals surface area contributed by atoms with Gasteiger partial charge in [0.2, 0.25) is 5.95 Å². The molecule has 0 aliphatic carbocycles. The van der Waals surface area contributed by atoms with Crippen LogP contribution in [-0.2, 0) is 4.74 Å². The third-order valence-electron chi connectivity index (χ3n) is 3.80. The first-order chi connectivity index (χ1) is 11.3. The molecule has 2 aromatic heterocycles. The summed E-state index contributed by atoms with van der Waals surface area (Å²) < 4.78 is 6.99. The van der Waals surface area contributed by atoms with Crippen molar-refractivity contribution in [3.8, 4) is 11.3 Å². The summed E-state index contributed by atoms with van der Waals surface area (Å²) in [4.78, 5) is 20.5. The van der Waals surface area contributed by atoms with Crippen LogP contribution >= 0.6 is 23.2 Å². The molecule has 0 aromatic carbocycles. The van der Waals surface area contributed by atoms with Crippen LogP contribution in [0, 0.1) is 11.3 Å². The van der Waals surface area contributed by atoms with E-state index in [0.717, 1.165) is 0 Å². The third kappa shape index (κ3) is 2.44. The first kappa shape index (κ1) is 17.0. The average Bonchev–Trinajstić information content (AvgIpc) is 3.00. The number of halogens is 2. The van der Waals surface area contributed by atoms with Gasteiger partial charge in [0, 0.05) is 5.38 Å². The first-order valence-corrected chi connectivity index (χ1v) is 7.60. The number of aromatic amines is 1. The number of anilines is 1. The molecular formula is C13H13Cl2N5O4. The highest BCUT2D eigenvalue weighted by molar-refractivity contribution is 6.32. The molecule has 24 heavy (non-hydrogen) atoms.